The molecule has 0 unspecified atom stereocenters. The highest BCUT2D eigenvalue weighted by Gasteiger charge is 2.44. The number of nitrogens with one attached hydrogen (secondary N) is 1. The van der Waals surface area contributed by atoms with E-state index in [2.05, 4.69) is 5.32 Å². The Morgan fingerprint density at radius 3 is 2.43 bits per heavy atom. The predicted molar refractivity (Wildman–Crippen MR) is 53.9 cm³/mol. The molecule has 0 radical (unpaired) electrons. The molecule has 3 atom stereocenters. The predicted octanol–water partition coefficient (Wildman–Crippen LogP) is 1.47. The van der Waals surface area contributed by atoms with E-state index in [-0.39, 0.29) is 17.5 Å². The summed E-state index contributed by atoms with van der Waals surface area (Å²) in [4.78, 5) is 11.8. The molecule has 3 aliphatic rings. The van der Waals surface area contributed by atoms with Gasteiger partial charge in [-0.3, -0.25) is 4.79 Å². The normalized spacial score (nSPS) is 36.1. The Labute approximate surface area is 85.2 Å². The lowest BCUT2D eigenvalue weighted by molar-refractivity contribution is -0.164. The van der Waals surface area contributed by atoms with Crippen LogP contribution in [0.3, 0.4) is 0 Å². The molecule has 2 saturated heterocycles. The molecule has 2 heterocycles. The third-order valence-corrected chi connectivity index (χ3v) is 3.01. The van der Waals surface area contributed by atoms with Gasteiger partial charge < -0.3 is 10.1 Å². The molecule has 80 valence electrons. The zero-order valence-corrected chi connectivity index (χ0v) is 9.17. The maximum Gasteiger partial charge on any atom is 0.311 e. The topological polar surface area (TPSA) is 38.3 Å². The summed E-state index contributed by atoms with van der Waals surface area (Å²) >= 11 is 0. The molecule has 2 bridgehead atoms. The summed E-state index contributed by atoms with van der Waals surface area (Å²) in [7, 11) is 0. The van der Waals surface area contributed by atoms with Crippen molar-refractivity contribution in [1.29, 1.82) is 0 Å². The maximum atomic E-state index is 11.8. The van der Waals surface area contributed by atoms with Crippen LogP contribution in [-0.2, 0) is 9.53 Å². The molecule has 3 fully saturated rings. The van der Waals surface area contributed by atoms with Crippen LogP contribution in [0.4, 0.5) is 0 Å². The summed E-state index contributed by atoms with van der Waals surface area (Å²) in [6.45, 7) is 5.76. The van der Waals surface area contributed by atoms with Gasteiger partial charge in [-0.2, -0.15) is 0 Å². The number of fused-ring (bicyclic) bond motifs is 2. The lowest BCUT2D eigenvalue weighted by Crippen LogP contribution is -2.61. The third-order valence-electron chi connectivity index (χ3n) is 3.01. The van der Waals surface area contributed by atoms with Gasteiger partial charge >= 0.3 is 5.97 Å². The molecule has 3 nitrogen and oxygen atoms in total. The van der Waals surface area contributed by atoms with Crippen LogP contribution in [0.5, 0.6) is 0 Å². The molecule has 1 saturated carbocycles. The number of piperidine rings is 1. The summed E-state index contributed by atoms with van der Waals surface area (Å²) in [5.41, 5.74) is -0.350. The summed E-state index contributed by atoms with van der Waals surface area (Å²) in [6, 6.07) is 1.07. The van der Waals surface area contributed by atoms with E-state index in [1.807, 2.05) is 20.8 Å². The van der Waals surface area contributed by atoms with E-state index in [0.29, 0.717) is 12.1 Å². The molecular formula is C11H19NO2. The van der Waals surface area contributed by atoms with E-state index >= 15 is 0 Å². The average molecular weight is 197 g/mol. The number of carbonyl (C=O) groups excluding carboxylic acids is 1. The second-order valence-corrected chi connectivity index (χ2v) is 5.42. The third kappa shape index (κ3) is 1.92. The zero-order chi connectivity index (χ0) is 10.3. The van der Waals surface area contributed by atoms with E-state index in [9.17, 15) is 4.79 Å². The number of esters is 1. The molecule has 0 aromatic heterocycles. The van der Waals surface area contributed by atoms with Crippen LogP contribution >= 0.6 is 0 Å². The highest BCUT2D eigenvalue weighted by atomic mass is 16.6. The fourth-order valence-corrected chi connectivity index (χ4v) is 2.31. The minimum Gasteiger partial charge on any atom is -0.460 e. The number of carbonyl (C=O) groups is 1. The van der Waals surface area contributed by atoms with Gasteiger partial charge in [0.05, 0.1) is 5.92 Å². The summed E-state index contributed by atoms with van der Waals surface area (Å²) in [5, 5.41) is 3.40. The number of hydrogen-bond donors (Lipinski definition) is 1. The molecule has 3 rings (SSSR count). The van der Waals surface area contributed by atoms with Gasteiger partial charge in [-0.1, -0.05) is 0 Å². The minimum absolute atomic E-state index is 0.0202. The Kier molecular flexibility index (Phi) is 2.30. The molecule has 2 aliphatic heterocycles. The average Bonchev–Trinajstić information content (AvgIpc) is 1.99. The number of rotatable bonds is 1. The quantitative estimate of drug-likeness (QED) is 0.647. The largest absolute Gasteiger partial charge is 0.460 e. The molecule has 0 spiro atoms. The van der Waals surface area contributed by atoms with E-state index < -0.39 is 0 Å². The Morgan fingerprint density at radius 1 is 1.36 bits per heavy atom. The van der Waals surface area contributed by atoms with Crippen molar-refractivity contribution in [2.45, 2.75) is 57.7 Å². The summed E-state index contributed by atoms with van der Waals surface area (Å²) in [6.07, 6.45) is 3.28. The monoisotopic (exact) mass is 197 g/mol. The second kappa shape index (κ2) is 3.23. The SMILES string of the molecule is CC(C)(C)OC(=O)[C@@H]1CC[C@@H]2C[C@H]1N2. The fraction of sp³-hybridized carbons (Fsp3) is 0.909. The van der Waals surface area contributed by atoms with Crippen molar-refractivity contribution < 1.29 is 9.53 Å². The van der Waals surface area contributed by atoms with Crippen molar-refractivity contribution in [3.8, 4) is 0 Å². The first-order chi connectivity index (χ1) is 6.46. The van der Waals surface area contributed by atoms with Crippen LogP contribution in [0.1, 0.15) is 40.0 Å². The Balaban J connectivity index is 1.91. The molecule has 0 amide bonds. The maximum absolute atomic E-state index is 11.8. The van der Waals surface area contributed by atoms with Crippen molar-refractivity contribution in [2.24, 2.45) is 5.92 Å². The Hall–Kier alpha value is -0.570. The fourth-order valence-electron chi connectivity index (χ4n) is 2.31. The van der Waals surface area contributed by atoms with Gasteiger partial charge in [0.15, 0.2) is 0 Å². The van der Waals surface area contributed by atoms with Gasteiger partial charge in [0, 0.05) is 12.1 Å². The van der Waals surface area contributed by atoms with Crippen molar-refractivity contribution in [1.82, 2.24) is 5.32 Å². The van der Waals surface area contributed by atoms with Crippen LogP contribution in [0.25, 0.3) is 0 Å². The van der Waals surface area contributed by atoms with E-state index in [0.717, 1.165) is 19.3 Å². The van der Waals surface area contributed by atoms with E-state index in [4.69, 9.17) is 4.74 Å². The van der Waals surface area contributed by atoms with Crippen molar-refractivity contribution in [3.05, 3.63) is 0 Å². The zero-order valence-electron chi connectivity index (χ0n) is 9.17. The van der Waals surface area contributed by atoms with Gasteiger partial charge in [0.25, 0.3) is 0 Å². The summed E-state index contributed by atoms with van der Waals surface area (Å²) in [5.74, 6) is 0.0763. The molecule has 1 aliphatic carbocycles. The van der Waals surface area contributed by atoms with Crippen molar-refractivity contribution >= 4 is 5.97 Å². The Morgan fingerprint density at radius 2 is 2.00 bits per heavy atom. The first-order valence-electron chi connectivity index (χ1n) is 5.44. The van der Waals surface area contributed by atoms with Crippen LogP contribution in [0.2, 0.25) is 0 Å². The molecule has 3 heteroatoms. The lowest BCUT2D eigenvalue weighted by Gasteiger charge is -2.47. The molecule has 0 aromatic rings. The van der Waals surface area contributed by atoms with Crippen LogP contribution in [-0.4, -0.2) is 23.7 Å². The van der Waals surface area contributed by atoms with Gasteiger partial charge in [-0.25, -0.2) is 0 Å². The van der Waals surface area contributed by atoms with E-state index in [1.165, 1.54) is 0 Å². The smallest absolute Gasteiger partial charge is 0.311 e. The molecular weight excluding hydrogens is 178 g/mol. The van der Waals surface area contributed by atoms with Gasteiger partial charge in [-0.05, 0) is 40.0 Å². The number of ether oxygens (including phenoxy) is 1. The van der Waals surface area contributed by atoms with Gasteiger partial charge in [0.1, 0.15) is 5.60 Å². The molecule has 14 heavy (non-hydrogen) atoms. The molecule has 0 aromatic carbocycles. The first kappa shape index (κ1) is 9.97. The highest BCUT2D eigenvalue weighted by molar-refractivity contribution is 5.74. The highest BCUT2D eigenvalue weighted by Crippen LogP contribution is 2.34. The number of hydrogen-bond acceptors (Lipinski definition) is 3. The van der Waals surface area contributed by atoms with Crippen LogP contribution in [0.15, 0.2) is 0 Å². The Bertz CT molecular complexity index is 235. The minimum atomic E-state index is -0.350. The van der Waals surface area contributed by atoms with Crippen molar-refractivity contribution in [3.63, 3.8) is 0 Å². The standard InChI is InChI=1S/C11H19NO2/c1-11(2,3)14-10(13)8-5-4-7-6-9(8)12-7/h7-9,12H,4-6H2,1-3H3/t7-,8-,9-/m1/s1. The van der Waals surface area contributed by atoms with Gasteiger partial charge in [0.2, 0.25) is 0 Å². The van der Waals surface area contributed by atoms with Crippen molar-refractivity contribution in [2.75, 3.05) is 0 Å². The van der Waals surface area contributed by atoms with Crippen LogP contribution in [0, 0.1) is 5.92 Å². The van der Waals surface area contributed by atoms with E-state index in [1.54, 1.807) is 0 Å². The van der Waals surface area contributed by atoms with Crippen LogP contribution < -0.4 is 5.32 Å². The lowest BCUT2D eigenvalue weighted by atomic mass is 9.75. The summed E-state index contributed by atoms with van der Waals surface area (Å²) < 4.78 is 5.39. The second-order valence-electron chi connectivity index (χ2n) is 5.42. The first-order valence-corrected chi connectivity index (χ1v) is 5.44. The van der Waals surface area contributed by atoms with Gasteiger partial charge in [-0.15, -0.1) is 0 Å². The molecule has 1 N–H and O–H groups in total.